The van der Waals surface area contributed by atoms with Gasteiger partial charge in [-0.1, -0.05) is 30.5 Å². The molecular formula is C29H32F2N6O2. The molecule has 0 radical (unpaired) electrons. The second-order valence-electron chi connectivity index (χ2n) is 10.4. The van der Waals surface area contributed by atoms with Crippen molar-refractivity contribution in [2.45, 2.75) is 64.5 Å². The largest absolute Gasteiger partial charge is 0.390 e. The molecule has 1 saturated carbocycles. The van der Waals surface area contributed by atoms with Crippen molar-refractivity contribution in [3.63, 3.8) is 0 Å². The van der Waals surface area contributed by atoms with Gasteiger partial charge < -0.3 is 14.3 Å². The minimum atomic E-state index is -0.894. The molecule has 1 aromatic carbocycles. The highest BCUT2D eigenvalue weighted by Crippen LogP contribution is 2.32. The van der Waals surface area contributed by atoms with Crippen LogP contribution in [0.3, 0.4) is 0 Å². The van der Waals surface area contributed by atoms with Crippen molar-refractivity contribution in [1.82, 2.24) is 9.55 Å². The highest BCUT2D eigenvalue weighted by atomic mass is 19.2. The zero-order chi connectivity index (χ0) is 28.7. The summed E-state index contributed by atoms with van der Waals surface area (Å²) in [5.74, 6) is -1.77. The summed E-state index contributed by atoms with van der Waals surface area (Å²) in [6.07, 6.45) is 6.94. The number of fused-ring (bicyclic) bond motifs is 1. The van der Waals surface area contributed by atoms with Crippen LogP contribution in [0, 0.1) is 34.3 Å². The lowest BCUT2D eigenvalue weighted by molar-refractivity contribution is 0.00199. The quantitative estimate of drug-likeness (QED) is 0.320. The average Bonchev–Trinajstić information content (AvgIpc) is 2.92. The van der Waals surface area contributed by atoms with E-state index in [1.54, 1.807) is 19.2 Å². The Labute approximate surface area is 226 Å². The number of anilines is 1. The van der Waals surface area contributed by atoms with Crippen LogP contribution in [0.4, 0.5) is 14.5 Å². The molecule has 204 valence electrons. The summed E-state index contributed by atoms with van der Waals surface area (Å²) in [7, 11) is 3.55. The Bertz CT molecular complexity index is 1510. The Kier molecular flexibility index (Phi) is 9.37. The molecule has 10 heteroatoms. The van der Waals surface area contributed by atoms with E-state index in [0.29, 0.717) is 22.3 Å². The van der Waals surface area contributed by atoms with Gasteiger partial charge in [-0.3, -0.25) is 4.79 Å². The lowest BCUT2D eigenvalue weighted by atomic mass is 9.93. The minimum Gasteiger partial charge on any atom is -0.390 e. The molecule has 2 aromatic heterocycles. The summed E-state index contributed by atoms with van der Waals surface area (Å²) in [6.45, 7) is 5.53. The van der Waals surface area contributed by atoms with Crippen LogP contribution in [0.15, 0.2) is 40.3 Å². The Morgan fingerprint density at radius 3 is 2.38 bits per heavy atom. The molecule has 8 nitrogen and oxygen atoms in total. The molecule has 2 heterocycles. The van der Waals surface area contributed by atoms with E-state index >= 15 is 0 Å². The fourth-order valence-corrected chi connectivity index (χ4v) is 4.39. The van der Waals surface area contributed by atoms with Crippen LogP contribution in [0.25, 0.3) is 11.0 Å². The van der Waals surface area contributed by atoms with E-state index in [4.69, 9.17) is 10.1 Å². The molecule has 0 unspecified atom stereocenters. The summed E-state index contributed by atoms with van der Waals surface area (Å²) in [5, 5.41) is 22.4. The van der Waals surface area contributed by atoms with E-state index in [-0.39, 0.29) is 22.9 Å². The molecule has 3 aromatic rings. The summed E-state index contributed by atoms with van der Waals surface area (Å²) in [4.78, 5) is 24.1. The van der Waals surface area contributed by atoms with Crippen LogP contribution in [0.5, 0.6) is 0 Å². The fraction of sp³-hybridized carbons (Fsp3) is 0.414. The van der Waals surface area contributed by atoms with Crippen LogP contribution in [-0.2, 0) is 11.9 Å². The van der Waals surface area contributed by atoms with Gasteiger partial charge in [-0.15, -0.1) is 0 Å². The standard InChI is InChI=1S/C18H19N5O.C11H13F2NO/c1-22(13-6-4-3-5-7-13)17-14(11-20)18(24)23(2)15-9-8-12(10-19)21-16(15)17;1-11(2,3)15-14-7-8-4-5-9(12)10(13)6-8/h8-9,13H,3-7H2,1-2H3;4-7H,1-3H3/b;14-7-. The summed E-state index contributed by atoms with van der Waals surface area (Å²) < 4.78 is 26.8. The van der Waals surface area contributed by atoms with Crippen LogP contribution >= 0.6 is 0 Å². The Balaban J connectivity index is 0.000000242. The number of hydrogen-bond acceptors (Lipinski definition) is 7. The molecule has 1 aliphatic carbocycles. The SMILES string of the molecule is CC(C)(C)O/N=C\c1ccc(F)c(F)c1.CN(c1c(C#N)c(=O)n(C)c2ccc(C#N)nc12)C1CCCCC1. The summed E-state index contributed by atoms with van der Waals surface area (Å²) >= 11 is 0. The van der Waals surface area contributed by atoms with E-state index in [2.05, 4.69) is 16.2 Å². The average molecular weight is 535 g/mol. The third-order valence-electron chi connectivity index (χ3n) is 6.39. The van der Waals surface area contributed by atoms with Crippen molar-refractivity contribution >= 4 is 22.9 Å². The lowest BCUT2D eigenvalue weighted by Gasteiger charge is -2.33. The molecule has 4 rings (SSSR count). The molecule has 0 N–H and O–H groups in total. The van der Waals surface area contributed by atoms with Gasteiger partial charge >= 0.3 is 0 Å². The highest BCUT2D eigenvalue weighted by molar-refractivity contribution is 5.92. The first-order valence-corrected chi connectivity index (χ1v) is 12.7. The van der Waals surface area contributed by atoms with Gasteiger partial charge in [-0.2, -0.15) is 10.5 Å². The number of halogens is 2. The van der Waals surface area contributed by atoms with Crippen molar-refractivity contribution in [1.29, 1.82) is 10.5 Å². The number of aromatic nitrogens is 2. The molecule has 0 saturated heterocycles. The Morgan fingerprint density at radius 1 is 1.10 bits per heavy atom. The molecule has 1 fully saturated rings. The van der Waals surface area contributed by atoms with Crippen molar-refractivity contribution in [3.05, 3.63) is 69.1 Å². The third kappa shape index (κ3) is 7.17. The van der Waals surface area contributed by atoms with Crippen LogP contribution in [0.2, 0.25) is 0 Å². The van der Waals surface area contributed by atoms with Crippen LogP contribution < -0.4 is 10.5 Å². The number of pyridine rings is 2. The van der Waals surface area contributed by atoms with Gasteiger partial charge in [-0.25, -0.2) is 13.8 Å². The lowest BCUT2D eigenvalue weighted by Crippen LogP contribution is -2.36. The van der Waals surface area contributed by atoms with Crippen LogP contribution in [-0.4, -0.2) is 34.5 Å². The number of aryl methyl sites for hydroxylation is 1. The zero-order valence-corrected chi connectivity index (χ0v) is 22.8. The number of nitrogens with zero attached hydrogens (tertiary/aromatic N) is 6. The monoisotopic (exact) mass is 534 g/mol. The molecule has 0 aliphatic heterocycles. The normalized spacial score (nSPS) is 13.9. The van der Waals surface area contributed by atoms with E-state index in [0.717, 1.165) is 37.8 Å². The van der Waals surface area contributed by atoms with Crippen LogP contribution in [0.1, 0.15) is 69.7 Å². The van der Waals surface area contributed by atoms with Crippen molar-refractivity contribution in [2.24, 2.45) is 12.2 Å². The highest BCUT2D eigenvalue weighted by Gasteiger charge is 2.25. The van der Waals surface area contributed by atoms with Gasteiger partial charge in [0.2, 0.25) is 0 Å². The first-order chi connectivity index (χ1) is 18.5. The first-order valence-electron chi connectivity index (χ1n) is 12.7. The molecule has 0 spiro atoms. The van der Waals surface area contributed by atoms with Gasteiger partial charge in [0.15, 0.2) is 11.6 Å². The zero-order valence-electron chi connectivity index (χ0n) is 22.8. The molecule has 1 aliphatic rings. The van der Waals surface area contributed by atoms with E-state index in [9.17, 15) is 18.8 Å². The van der Waals surface area contributed by atoms with Gasteiger partial charge in [0, 0.05) is 20.1 Å². The maximum atomic E-state index is 12.8. The Hall–Kier alpha value is -4.31. The van der Waals surface area contributed by atoms with Gasteiger partial charge in [0.25, 0.3) is 5.56 Å². The molecule has 0 atom stereocenters. The van der Waals surface area contributed by atoms with Crippen molar-refractivity contribution in [2.75, 3.05) is 11.9 Å². The predicted octanol–water partition coefficient (Wildman–Crippen LogP) is 5.56. The number of rotatable bonds is 4. The second-order valence-corrected chi connectivity index (χ2v) is 10.4. The molecular weight excluding hydrogens is 502 g/mol. The molecule has 0 bridgehead atoms. The minimum absolute atomic E-state index is 0.0978. The van der Waals surface area contributed by atoms with E-state index in [1.165, 1.54) is 23.3 Å². The smallest absolute Gasteiger partial charge is 0.270 e. The molecule has 0 amide bonds. The van der Waals surface area contributed by atoms with Gasteiger partial charge in [0.1, 0.15) is 34.5 Å². The number of nitriles is 2. The fourth-order valence-electron chi connectivity index (χ4n) is 4.39. The third-order valence-corrected chi connectivity index (χ3v) is 6.39. The second kappa shape index (κ2) is 12.5. The van der Waals surface area contributed by atoms with Gasteiger partial charge in [0.05, 0.1) is 17.4 Å². The van der Waals surface area contributed by atoms with E-state index in [1.807, 2.05) is 38.8 Å². The van der Waals surface area contributed by atoms with Crippen molar-refractivity contribution < 1.29 is 13.6 Å². The maximum absolute atomic E-state index is 12.8. The number of hydrogen-bond donors (Lipinski definition) is 0. The summed E-state index contributed by atoms with van der Waals surface area (Å²) in [5.41, 5.74) is 1.85. The molecule has 39 heavy (non-hydrogen) atoms. The number of oxime groups is 1. The van der Waals surface area contributed by atoms with Crippen molar-refractivity contribution in [3.8, 4) is 12.1 Å². The number of benzene rings is 1. The summed E-state index contributed by atoms with van der Waals surface area (Å²) in [6, 6.07) is 11.2. The first kappa shape index (κ1) is 29.2. The predicted molar refractivity (Wildman–Crippen MR) is 146 cm³/mol. The van der Waals surface area contributed by atoms with Gasteiger partial charge in [-0.05, 0) is 63.4 Å². The maximum Gasteiger partial charge on any atom is 0.270 e. The van der Waals surface area contributed by atoms with E-state index < -0.39 is 17.2 Å². The Morgan fingerprint density at radius 2 is 1.79 bits per heavy atom. The topological polar surface area (TPSA) is 107 Å².